The maximum Gasteiger partial charge on any atom is 0.347 e. The van der Waals surface area contributed by atoms with Crippen molar-refractivity contribution in [3.8, 4) is 0 Å². The summed E-state index contributed by atoms with van der Waals surface area (Å²) in [7, 11) is 0. The van der Waals surface area contributed by atoms with Crippen molar-refractivity contribution in [3.05, 3.63) is 143 Å². The Morgan fingerprint density at radius 1 is 0.750 bits per heavy atom. The van der Waals surface area contributed by atoms with Gasteiger partial charge in [0.1, 0.15) is 0 Å². The zero-order chi connectivity index (χ0) is 25.3. The van der Waals surface area contributed by atoms with Gasteiger partial charge in [-0.05, 0) is 41.3 Å². The number of carboxylic acids is 1. The fraction of sp³-hybridized carbons (Fsp3) is 0.161. The fourth-order valence-corrected chi connectivity index (χ4v) is 4.31. The molecule has 4 aromatic rings. The van der Waals surface area contributed by atoms with Crippen molar-refractivity contribution < 1.29 is 19.4 Å². The first kappa shape index (κ1) is 24.9. The van der Waals surface area contributed by atoms with Crippen LogP contribution in [0, 0.1) is 6.92 Å². The van der Waals surface area contributed by atoms with E-state index in [1.165, 1.54) is 0 Å². The highest BCUT2D eigenvalue weighted by molar-refractivity contribution is 5.91. The number of carbonyl (C=O) groups excluding carboxylic acids is 1. The van der Waals surface area contributed by atoms with Gasteiger partial charge in [0.25, 0.3) is 0 Å². The summed E-state index contributed by atoms with van der Waals surface area (Å²) in [6, 6.07) is 35.1. The van der Waals surface area contributed by atoms with Crippen molar-refractivity contribution in [1.29, 1.82) is 0 Å². The van der Waals surface area contributed by atoms with Crippen LogP contribution in [0.3, 0.4) is 0 Å². The van der Waals surface area contributed by atoms with Crippen molar-refractivity contribution in [2.75, 3.05) is 0 Å². The van der Waals surface area contributed by atoms with E-state index in [-0.39, 0.29) is 0 Å². The van der Waals surface area contributed by atoms with E-state index in [9.17, 15) is 14.7 Å². The molecule has 4 rings (SSSR count). The largest absolute Gasteiger partial charge is 0.478 e. The zero-order valence-corrected chi connectivity index (χ0v) is 20.2. The molecule has 0 radical (unpaired) electrons. The summed E-state index contributed by atoms with van der Waals surface area (Å²) in [6.07, 6.45) is -1.42. The Hall–Kier alpha value is -4.22. The summed E-state index contributed by atoms with van der Waals surface area (Å²) in [5.41, 5.74) is 4.29. The molecule has 0 fully saturated rings. The third kappa shape index (κ3) is 6.26. The number of carboxylic acid groups (broad SMARTS) is 1. The number of hydrogen-bond acceptors (Lipinski definition) is 4. The molecule has 0 aliphatic rings. The van der Waals surface area contributed by atoms with Crippen LogP contribution >= 0.6 is 0 Å². The highest BCUT2D eigenvalue weighted by Gasteiger charge is 2.38. The number of hydrogen-bond donors (Lipinski definition) is 1. The molecule has 0 spiro atoms. The van der Waals surface area contributed by atoms with E-state index >= 15 is 0 Å². The number of carbonyl (C=O) groups is 2. The summed E-state index contributed by atoms with van der Waals surface area (Å²) in [6.45, 7) is 2.99. The van der Waals surface area contributed by atoms with Gasteiger partial charge in [-0.15, -0.1) is 0 Å². The standard InChI is InChI=1S/C31H29NO4/c1-23-13-11-12-20-27(23)22-32(21-24-14-5-2-6-15-24)28(25-16-7-3-8-17-25)29(30(33)34)36-31(35)26-18-9-4-10-19-26/h2-20,28-29H,21-22H2,1H3,(H,33,34)/t28-,29-/m0/s1. The molecule has 0 aromatic heterocycles. The van der Waals surface area contributed by atoms with Gasteiger partial charge in [0, 0.05) is 13.1 Å². The van der Waals surface area contributed by atoms with Crippen molar-refractivity contribution in [2.45, 2.75) is 32.2 Å². The Balaban J connectivity index is 1.78. The van der Waals surface area contributed by atoms with Gasteiger partial charge >= 0.3 is 11.9 Å². The Morgan fingerprint density at radius 2 is 1.31 bits per heavy atom. The first-order valence-electron chi connectivity index (χ1n) is 11.9. The van der Waals surface area contributed by atoms with E-state index < -0.39 is 24.1 Å². The third-order valence-electron chi connectivity index (χ3n) is 6.17. The first-order chi connectivity index (χ1) is 17.5. The Labute approximate surface area is 211 Å². The zero-order valence-electron chi connectivity index (χ0n) is 20.2. The van der Waals surface area contributed by atoms with Crippen LogP contribution in [-0.2, 0) is 22.6 Å². The van der Waals surface area contributed by atoms with Gasteiger partial charge < -0.3 is 9.84 Å². The van der Waals surface area contributed by atoms with Gasteiger partial charge in [0.15, 0.2) is 0 Å². The number of ether oxygens (including phenoxy) is 1. The molecule has 0 bridgehead atoms. The highest BCUT2D eigenvalue weighted by Crippen LogP contribution is 2.31. The minimum atomic E-state index is -1.42. The van der Waals surface area contributed by atoms with Gasteiger partial charge in [-0.2, -0.15) is 0 Å². The summed E-state index contributed by atoms with van der Waals surface area (Å²) >= 11 is 0. The predicted molar refractivity (Wildman–Crippen MR) is 139 cm³/mol. The van der Waals surface area contributed by atoms with Crippen molar-refractivity contribution >= 4 is 11.9 Å². The van der Waals surface area contributed by atoms with Crippen LogP contribution in [0.2, 0.25) is 0 Å². The molecule has 0 amide bonds. The molecule has 5 heteroatoms. The van der Waals surface area contributed by atoms with Crippen molar-refractivity contribution in [1.82, 2.24) is 4.90 Å². The highest BCUT2D eigenvalue weighted by atomic mass is 16.6. The molecule has 0 saturated carbocycles. The van der Waals surface area contributed by atoms with Crippen LogP contribution in [0.1, 0.15) is 38.7 Å². The Kier molecular flexibility index (Phi) is 8.27. The molecule has 0 aliphatic carbocycles. The maximum absolute atomic E-state index is 13.0. The maximum atomic E-state index is 13.0. The average Bonchev–Trinajstić information content (AvgIpc) is 2.91. The van der Waals surface area contributed by atoms with Gasteiger partial charge in [-0.3, -0.25) is 4.90 Å². The number of esters is 1. The number of aliphatic carboxylic acids is 1. The van der Waals surface area contributed by atoms with Crippen molar-refractivity contribution in [2.24, 2.45) is 0 Å². The van der Waals surface area contributed by atoms with Gasteiger partial charge in [0.2, 0.25) is 6.10 Å². The summed E-state index contributed by atoms with van der Waals surface area (Å²) in [5, 5.41) is 10.3. The van der Waals surface area contributed by atoms with Crippen molar-refractivity contribution in [3.63, 3.8) is 0 Å². The number of benzene rings is 4. The minimum absolute atomic E-state index is 0.309. The molecule has 0 heterocycles. The lowest BCUT2D eigenvalue weighted by Gasteiger charge is -2.36. The van der Waals surface area contributed by atoms with Gasteiger partial charge in [-0.25, -0.2) is 9.59 Å². The van der Waals surface area contributed by atoms with Crippen LogP contribution in [0.15, 0.2) is 115 Å². The van der Waals surface area contributed by atoms with E-state index in [1.54, 1.807) is 30.3 Å². The molecule has 0 unspecified atom stereocenters. The van der Waals surface area contributed by atoms with Gasteiger partial charge in [-0.1, -0.05) is 103 Å². The van der Waals surface area contributed by atoms with E-state index in [2.05, 4.69) is 4.90 Å². The molecule has 182 valence electrons. The van der Waals surface area contributed by atoms with E-state index in [4.69, 9.17) is 4.74 Å². The van der Waals surface area contributed by atoms with Crippen LogP contribution in [-0.4, -0.2) is 28.0 Å². The topological polar surface area (TPSA) is 66.8 Å². The molecule has 5 nitrogen and oxygen atoms in total. The molecule has 36 heavy (non-hydrogen) atoms. The molecule has 4 aromatic carbocycles. The van der Waals surface area contributed by atoms with Crippen LogP contribution < -0.4 is 0 Å². The molecule has 0 saturated heterocycles. The normalized spacial score (nSPS) is 12.6. The third-order valence-corrected chi connectivity index (χ3v) is 6.17. The number of rotatable bonds is 10. The monoisotopic (exact) mass is 479 g/mol. The van der Waals surface area contributed by atoms with Crippen LogP contribution in [0.5, 0.6) is 0 Å². The second-order valence-corrected chi connectivity index (χ2v) is 8.70. The molecular weight excluding hydrogens is 450 g/mol. The van der Waals surface area contributed by atoms with E-state index in [0.29, 0.717) is 18.7 Å². The number of nitrogens with zero attached hydrogens (tertiary/aromatic N) is 1. The predicted octanol–water partition coefficient (Wildman–Crippen LogP) is 6.05. The van der Waals surface area contributed by atoms with Crippen LogP contribution in [0.25, 0.3) is 0 Å². The molecule has 1 N–H and O–H groups in total. The number of aryl methyl sites for hydroxylation is 1. The quantitative estimate of drug-likeness (QED) is 0.281. The second-order valence-electron chi connectivity index (χ2n) is 8.70. The lowest BCUT2D eigenvalue weighted by molar-refractivity contribution is -0.152. The lowest BCUT2D eigenvalue weighted by atomic mass is 9.97. The molecule has 0 aliphatic heterocycles. The second kappa shape index (κ2) is 12.0. The fourth-order valence-electron chi connectivity index (χ4n) is 4.31. The summed E-state index contributed by atoms with van der Waals surface area (Å²) in [4.78, 5) is 27.7. The Bertz CT molecular complexity index is 1280. The Morgan fingerprint density at radius 3 is 1.92 bits per heavy atom. The lowest BCUT2D eigenvalue weighted by Crippen LogP contribution is -2.42. The smallest absolute Gasteiger partial charge is 0.347 e. The average molecular weight is 480 g/mol. The van der Waals surface area contributed by atoms with E-state index in [1.807, 2.05) is 91.9 Å². The van der Waals surface area contributed by atoms with E-state index in [0.717, 1.165) is 22.3 Å². The van der Waals surface area contributed by atoms with Gasteiger partial charge in [0.05, 0.1) is 11.6 Å². The summed E-state index contributed by atoms with van der Waals surface area (Å²) < 4.78 is 5.72. The minimum Gasteiger partial charge on any atom is -0.478 e. The SMILES string of the molecule is Cc1ccccc1CN(Cc1ccccc1)[C@@H](c1ccccc1)[C@H](OC(=O)c1ccccc1)C(=O)O. The first-order valence-corrected chi connectivity index (χ1v) is 11.9. The van der Waals surface area contributed by atoms with Crippen LogP contribution in [0.4, 0.5) is 0 Å². The molecule has 2 atom stereocenters. The summed E-state index contributed by atoms with van der Waals surface area (Å²) in [5.74, 6) is -1.87. The molecular formula is C31H29NO4.